The van der Waals surface area contributed by atoms with Crippen molar-refractivity contribution in [2.45, 2.75) is 38.2 Å². The first-order valence-electron chi connectivity index (χ1n) is 10.1. The average molecular weight is 423 g/mol. The summed E-state index contributed by atoms with van der Waals surface area (Å²) >= 11 is 0. The van der Waals surface area contributed by atoms with Crippen LogP contribution in [0.15, 0.2) is 18.5 Å². The van der Waals surface area contributed by atoms with E-state index in [-0.39, 0.29) is 11.7 Å². The van der Waals surface area contributed by atoms with E-state index in [1.165, 1.54) is 12.3 Å². The van der Waals surface area contributed by atoms with Crippen molar-refractivity contribution in [1.29, 1.82) is 0 Å². The average Bonchev–Trinajstić information content (AvgIpc) is 2.97. The lowest BCUT2D eigenvalue weighted by molar-refractivity contribution is -0.274. The highest BCUT2D eigenvalue weighted by Gasteiger charge is 2.58. The Kier molecular flexibility index (Phi) is 4.48. The van der Waals surface area contributed by atoms with Gasteiger partial charge in [0.1, 0.15) is 5.82 Å². The number of aromatic nitrogens is 3. The lowest BCUT2D eigenvalue weighted by Gasteiger charge is -2.36. The minimum Gasteiger partial charge on any atom is -0.402 e. The van der Waals surface area contributed by atoms with Crippen LogP contribution >= 0.6 is 0 Å². The first-order chi connectivity index (χ1) is 14.2. The molecule has 0 amide bonds. The van der Waals surface area contributed by atoms with Gasteiger partial charge in [-0.25, -0.2) is 9.97 Å². The van der Waals surface area contributed by atoms with Gasteiger partial charge in [-0.3, -0.25) is 4.90 Å². The van der Waals surface area contributed by atoms with Gasteiger partial charge in [0.2, 0.25) is 0 Å². The van der Waals surface area contributed by atoms with E-state index in [0.717, 1.165) is 32.1 Å². The molecular formula is C20H24F3N5O2. The number of pyridine rings is 1. The molecule has 2 saturated heterocycles. The van der Waals surface area contributed by atoms with Crippen LogP contribution in [0.2, 0.25) is 0 Å². The van der Waals surface area contributed by atoms with Crippen molar-refractivity contribution < 1.29 is 22.6 Å². The number of piperidine rings is 1. The Balaban J connectivity index is 1.40. The Bertz CT molecular complexity index is 944. The molecule has 10 heteroatoms. The van der Waals surface area contributed by atoms with Crippen LogP contribution in [0.5, 0.6) is 5.75 Å². The Hall–Kier alpha value is -2.33. The molecule has 2 aliphatic heterocycles. The van der Waals surface area contributed by atoms with Gasteiger partial charge in [-0.15, -0.1) is 13.2 Å². The predicted molar refractivity (Wildman–Crippen MR) is 103 cm³/mol. The fraction of sp³-hybridized carbons (Fsp3) is 0.600. The van der Waals surface area contributed by atoms with Crippen LogP contribution in [0.4, 0.5) is 19.0 Å². The molecule has 3 aliphatic rings. The topological polar surface area (TPSA) is 78.4 Å². The first kappa shape index (κ1) is 19.6. The van der Waals surface area contributed by atoms with Crippen LogP contribution in [0.1, 0.15) is 31.6 Å². The number of likely N-dealkylation sites (tertiary alicyclic amines) is 1. The quantitative estimate of drug-likeness (QED) is 0.797. The van der Waals surface area contributed by atoms with E-state index in [1.807, 2.05) is 6.20 Å². The first-order valence-corrected chi connectivity index (χ1v) is 10.1. The molecule has 1 unspecified atom stereocenters. The number of nitrogen functional groups attached to an aromatic ring is 1. The van der Waals surface area contributed by atoms with Crippen molar-refractivity contribution in [2.24, 2.45) is 11.8 Å². The minimum absolute atomic E-state index is 0.184. The van der Waals surface area contributed by atoms with Gasteiger partial charge in [-0.05, 0) is 17.9 Å². The maximum Gasteiger partial charge on any atom is 0.573 e. The highest BCUT2D eigenvalue weighted by Crippen LogP contribution is 2.57. The number of fused-ring (bicyclic) bond motifs is 1. The fourth-order valence-corrected chi connectivity index (χ4v) is 4.69. The third-order valence-corrected chi connectivity index (χ3v) is 6.32. The zero-order chi connectivity index (χ0) is 21.2. The standard InChI is InChI=1S/C20H24F3N5O2/c1-10(2)19-26-15(11-3-16(18(24)25-4-11)30-20(21,22)23)7-28(19)17-13-5-27(6-14(13)17)12-8-29-9-12/h3-4,7,10,12-14,17H,5-6,8-9H2,1-2H3,(H2,24,25)/t13-,14+,17?. The van der Waals surface area contributed by atoms with Gasteiger partial charge < -0.3 is 19.8 Å². The zero-order valence-corrected chi connectivity index (χ0v) is 16.8. The smallest absolute Gasteiger partial charge is 0.402 e. The molecule has 0 radical (unpaired) electrons. The number of hydrogen-bond acceptors (Lipinski definition) is 6. The zero-order valence-electron chi connectivity index (χ0n) is 16.8. The van der Waals surface area contributed by atoms with Gasteiger partial charge >= 0.3 is 6.36 Å². The number of rotatable bonds is 5. The molecule has 0 bridgehead atoms. The van der Waals surface area contributed by atoms with Crippen LogP contribution in [0, 0.1) is 11.8 Å². The van der Waals surface area contributed by atoms with E-state index in [2.05, 4.69) is 33.0 Å². The Morgan fingerprint density at radius 2 is 1.93 bits per heavy atom. The third kappa shape index (κ3) is 3.41. The molecule has 0 spiro atoms. The van der Waals surface area contributed by atoms with Gasteiger partial charge in [0.25, 0.3) is 0 Å². The van der Waals surface area contributed by atoms with E-state index >= 15 is 0 Å². The highest BCUT2D eigenvalue weighted by molar-refractivity contribution is 5.64. The molecule has 4 heterocycles. The second-order valence-corrected chi connectivity index (χ2v) is 8.66. The number of ether oxygens (including phenoxy) is 2. The van der Waals surface area contributed by atoms with Gasteiger partial charge in [0.05, 0.1) is 24.9 Å². The lowest BCUT2D eigenvalue weighted by atomic mass is 10.2. The van der Waals surface area contributed by atoms with Gasteiger partial charge in [-0.1, -0.05) is 13.8 Å². The van der Waals surface area contributed by atoms with Crippen molar-refractivity contribution in [1.82, 2.24) is 19.4 Å². The number of anilines is 1. The van der Waals surface area contributed by atoms with Gasteiger partial charge in [-0.2, -0.15) is 0 Å². The summed E-state index contributed by atoms with van der Waals surface area (Å²) in [5, 5.41) is 0. The van der Waals surface area contributed by atoms with E-state index < -0.39 is 12.1 Å². The predicted octanol–water partition coefficient (Wildman–Crippen LogP) is 3.05. The number of imidazole rings is 1. The second kappa shape index (κ2) is 6.84. The highest BCUT2D eigenvalue weighted by atomic mass is 19.4. The molecular weight excluding hydrogens is 399 g/mol. The summed E-state index contributed by atoms with van der Waals surface area (Å²) < 4.78 is 49.5. The largest absolute Gasteiger partial charge is 0.573 e. The van der Waals surface area contributed by atoms with Crippen LogP contribution in [-0.2, 0) is 4.74 Å². The Morgan fingerprint density at radius 3 is 2.50 bits per heavy atom. The van der Waals surface area contributed by atoms with E-state index in [1.54, 1.807) is 0 Å². The SMILES string of the molecule is CC(C)c1nc(-c2cnc(N)c(OC(F)(F)F)c2)cn1C1[C@H]2CN(C3COC3)C[C@@H]12. The molecule has 3 fully saturated rings. The van der Waals surface area contributed by atoms with Crippen molar-refractivity contribution in [3.05, 3.63) is 24.3 Å². The molecule has 1 saturated carbocycles. The van der Waals surface area contributed by atoms with Gasteiger partial charge in [0.15, 0.2) is 11.6 Å². The van der Waals surface area contributed by atoms with Crippen LogP contribution in [0.25, 0.3) is 11.3 Å². The summed E-state index contributed by atoms with van der Waals surface area (Å²) in [6.45, 7) is 7.89. The molecule has 2 aromatic rings. The molecule has 2 N–H and O–H groups in total. The number of hydrogen-bond donors (Lipinski definition) is 1. The van der Waals surface area contributed by atoms with E-state index in [0.29, 0.717) is 35.2 Å². The summed E-state index contributed by atoms with van der Waals surface area (Å²) in [7, 11) is 0. The molecule has 1 aliphatic carbocycles. The van der Waals surface area contributed by atoms with Crippen molar-refractivity contribution >= 4 is 5.82 Å². The number of halogens is 3. The number of nitrogens with two attached hydrogens (primary N) is 1. The van der Waals surface area contributed by atoms with E-state index in [4.69, 9.17) is 15.5 Å². The molecule has 30 heavy (non-hydrogen) atoms. The number of nitrogens with zero attached hydrogens (tertiary/aromatic N) is 4. The summed E-state index contributed by atoms with van der Waals surface area (Å²) in [6, 6.07) is 2.18. The van der Waals surface area contributed by atoms with Crippen LogP contribution < -0.4 is 10.5 Å². The molecule has 3 atom stereocenters. The molecule has 2 aromatic heterocycles. The summed E-state index contributed by atoms with van der Waals surface area (Å²) in [5.74, 6) is 1.46. The minimum atomic E-state index is -4.83. The Labute approximate surface area is 172 Å². The summed E-state index contributed by atoms with van der Waals surface area (Å²) in [6.07, 6.45) is -1.47. The normalized spacial score (nSPS) is 26.7. The fourth-order valence-electron chi connectivity index (χ4n) is 4.69. The van der Waals surface area contributed by atoms with E-state index in [9.17, 15) is 13.2 Å². The molecule has 5 rings (SSSR count). The Morgan fingerprint density at radius 1 is 1.23 bits per heavy atom. The van der Waals surface area contributed by atoms with Crippen molar-refractivity contribution in [2.75, 3.05) is 32.0 Å². The number of alkyl halides is 3. The van der Waals surface area contributed by atoms with Gasteiger partial charge in [0, 0.05) is 43.0 Å². The summed E-state index contributed by atoms with van der Waals surface area (Å²) in [5.41, 5.74) is 6.58. The third-order valence-electron chi connectivity index (χ3n) is 6.32. The second-order valence-electron chi connectivity index (χ2n) is 8.66. The summed E-state index contributed by atoms with van der Waals surface area (Å²) in [4.78, 5) is 11.1. The molecule has 0 aromatic carbocycles. The monoisotopic (exact) mass is 423 g/mol. The lowest BCUT2D eigenvalue weighted by Crippen LogP contribution is -2.49. The van der Waals surface area contributed by atoms with Crippen LogP contribution in [0.3, 0.4) is 0 Å². The maximum atomic E-state index is 12.7. The van der Waals surface area contributed by atoms with Crippen molar-refractivity contribution in [3.8, 4) is 17.0 Å². The van der Waals surface area contributed by atoms with Crippen molar-refractivity contribution in [3.63, 3.8) is 0 Å². The maximum absolute atomic E-state index is 12.7. The van der Waals surface area contributed by atoms with Crippen LogP contribution in [-0.4, -0.2) is 58.1 Å². The molecule has 162 valence electrons. The molecule has 7 nitrogen and oxygen atoms in total.